The Kier molecular flexibility index (Phi) is 3.17. The second-order valence-electron chi connectivity index (χ2n) is 4.88. The van der Waals surface area contributed by atoms with E-state index in [4.69, 9.17) is 0 Å². The van der Waals surface area contributed by atoms with Crippen LogP contribution in [0.25, 0.3) is 0 Å². The van der Waals surface area contributed by atoms with E-state index in [1.807, 2.05) is 0 Å². The fourth-order valence-corrected chi connectivity index (χ4v) is 2.02. The molecule has 5 heteroatoms. The molecule has 0 spiro atoms. The molecule has 0 saturated heterocycles. The van der Waals surface area contributed by atoms with Gasteiger partial charge in [0.1, 0.15) is 0 Å². The molecule has 0 saturated carbocycles. The van der Waals surface area contributed by atoms with E-state index in [0.29, 0.717) is 12.0 Å². The lowest BCUT2D eigenvalue weighted by molar-refractivity contribution is -0.161. The first-order valence-electron chi connectivity index (χ1n) is 5.96. The topological polar surface area (TPSA) is 65.8 Å². The van der Waals surface area contributed by atoms with Gasteiger partial charge in [0.15, 0.2) is 5.72 Å². The number of carbonyl (C=O) groups excluding carboxylic acids is 1. The number of nitrogens with zero attached hydrogens (tertiary/aromatic N) is 3. The summed E-state index contributed by atoms with van der Waals surface area (Å²) in [6, 6.07) is 3.49. The number of hydrogen-bond acceptors (Lipinski definition) is 4. The van der Waals surface area contributed by atoms with Gasteiger partial charge in [0.25, 0.3) is 0 Å². The summed E-state index contributed by atoms with van der Waals surface area (Å²) in [6.45, 7) is 5.37. The van der Waals surface area contributed by atoms with Crippen molar-refractivity contribution in [2.75, 3.05) is 0 Å². The third-order valence-corrected chi connectivity index (χ3v) is 2.95. The molecule has 0 aromatic carbocycles. The van der Waals surface area contributed by atoms with Gasteiger partial charge in [-0.05, 0) is 13.0 Å². The molecule has 0 fully saturated rings. The fourth-order valence-electron chi connectivity index (χ4n) is 2.02. The highest BCUT2D eigenvalue weighted by Gasteiger charge is 2.45. The highest BCUT2D eigenvalue weighted by atomic mass is 16.3. The molecule has 1 N–H and O–H groups in total. The van der Waals surface area contributed by atoms with E-state index in [1.165, 1.54) is 5.01 Å². The molecule has 1 aliphatic rings. The van der Waals surface area contributed by atoms with Crippen LogP contribution >= 0.6 is 0 Å². The average Bonchev–Trinajstić information content (AvgIpc) is 2.66. The Hall–Kier alpha value is -1.75. The van der Waals surface area contributed by atoms with Crippen LogP contribution in [-0.4, -0.2) is 26.7 Å². The predicted octanol–water partition coefficient (Wildman–Crippen LogP) is 1.49. The molecular formula is C13H17N3O2. The molecule has 0 bridgehead atoms. The predicted molar refractivity (Wildman–Crippen MR) is 67.5 cm³/mol. The molecule has 1 aromatic heterocycles. The summed E-state index contributed by atoms with van der Waals surface area (Å²) in [5.74, 6) is -0.416. The van der Waals surface area contributed by atoms with Crippen molar-refractivity contribution in [2.45, 2.75) is 32.9 Å². The minimum absolute atomic E-state index is 0.196. The smallest absolute Gasteiger partial charge is 0.248 e. The number of pyridine rings is 1. The maximum atomic E-state index is 12.1. The van der Waals surface area contributed by atoms with E-state index in [-0.39, 0.29) is 11.8 Å². The monoisotopic (exact) mass is 247 g/mol. The zero-order valence-electron chi connectivity index (χ0n) is 10.8. The third kappa shape index (κ3) is 2.01. The van der Waals surface area contributed by atoms with Crippen LogP contribution in [0.3, 0.4) is 0 Å². The number of carbonyl (C=O) groups is 1. The quantitative estimate of drug-likeness (QED) is 0.861. The van der Waals surface area contributed by atoms with E-state index in [2.05, 4.69) is 10.1 Å². The molecule has 2 heterocycles. The first-order chi connectivity index (χ1) is 8.45. The van der Waals surface area contributed by atoms with E-state index in [0.717, 1.165) is 5.71 Å². The molecule has 18 heavy (non-hydrogen) atoms. The summed E-state index contributed by atoms with van der Waals surface area (Å²) in [6.07, 6.45) is 3.51. The Morgan fingerprint density at radius 3 is 2.83 bits per heavy atom. The number of rotatable bonds is 2. The maximum absolute atomic E-state index is 12.1. The Labute approximate surface area is 106 Å². The number of aliphatic hydroxyl groups is 1. The number of amides is 1. The van der Waals surface area contributed by atoms with E-state index >= 15 is 0 Å². The van der Waals surface area contributed by atoms with Crippen LogP contribution in [0, 0.1) is 5.92 Å². The summed E-state index contributed by atoms with van der Waals surface area (Å²) in [5, 5.41) is 16.1. The van der Waals surface area contributed by atoms with E-state index < -0.39 is 5.72 Å². The van der Waals surface area contributed by atoms with Gasteiger partial charge in [0, 0.05) is 36.0 Å². The van der Waals surface area contributed by atoms with Gasteiger partial charge >= 0.3 is 0 Å². The van der Waals surface area contributed by atoms with E-state index in [9.17, 15) is 9.90 Å². The summed E-state index contributed by atoms with van der Waals surface area (Å²) >= 11 is 0. The van der Waals surface area contributed by atoms with Gasteiger partial charge in [-0.2, -0.15) is 10.1 Å². The summed E-state index contributed by atoms with van der Waals surface area (Å²) < 4.78 is 0. The van der Waals surface area contributed by atoms with Gasteiger partial charge in [-0.1, -0.05) is 19.9 Å². The molecular weight excluding hydrogens is 230 g/mol. The van der Waals surface area contributed by atoms with Crippen molar-refractivity contribution in [3.63, 3.8) is 0 Å². The van der Waals surface area contributed by atoms with Crippen LogP contribution in [0.1, 0.15) is 32.8 Å². The Morgan fingerprint density at radius 1 is 1.56 bits per heavy atom. The first-order valence-corrected chi connectivity index (χ1v) is 5.96. The van der Waals surface area contributed by atoms with Crippen LogP contribution in [0.2, 0.25) is 0 Å². The van der Waals surface area contributed by atoms with Gasteiger partial charge in [-0.25, -0.2) is 0 Å². The first kappa shape index (κ1) is 12.7. The Balaban J connectivity index is 2.41. The average molecular weight is 247 g/mol. The largest absolute Gasteiger partial charge is 0.365 e. The van der Waals surface area contributed by atoms with Crippen molar-refractivity contribution >= 4 is 11.6 Å². The van der Waals surface area contributed by atoms with E-state index in [1.54, 1.807) is 45.3 Å². The normalized spacial score (nSPS) is 23.4. The molecule has 2 rings (SSSR count). The lowest BCUT2D eigenvalue weighted by Gasteiger charge is -2.32. The fraction of sp³-hybridized carbons (Fsp3) is 0.462. The zero-order valence-corrected chi connectivity index (χ0v) is 10.8. The molecule has 0 aliphatic carbocycles. The van der Waals surface area contributed by atoms with Gasteiger partial charge in [0.05, 0.1) is 0 Å². The molecule has 1 aromatic rings. The lowest BCUT2D eigenvalue weighted by Crippen LogP contribution is -2.45. The molecule has 1 aliphatic heterocycles. The second-order valence-corrected chi connectivity index (χ2v) is 4.88. The zero-order chi connectivity index (χ0) is 13.3. The van der Waals surface area contributed by atoms with Crippen LogP contribution in [0.4, 0.5) is 0 Å². The van der Waals surface area contributed by atoms with Crippen molar-refractivity contribution in [1.82, 2.24) is 9.99 Å². The minimum atomic E-state index is -1.40. The summed E-state index contributed by atoms with van der Waals surface area (Å²) in [4.78, 5) is 16.1. The van der Waals surface area contributed by atoms with Crippen molar-refractivity contribution in [3.8, 4) is 0 Å². The second kappa shape index (κ2) is 4.49. The van der Waals surface area contributed by atoms with Gasteiger partial charge in [0.2, 0.25) is 5.91 Å². The van der Waals surface area contributed by atoms with Crippen LogP contribution < -0.4 is 0 Å². The Morgan fingerprint density at radius 2 is 2.28 bits per heavy atom. The van der Waals surface area contributed by atoms with Gasteiger partial charge in [-0.3, -0.25) is 9.78 Å². The minimum Gasteiger partial charge on any atom is -0.365 e. The van der Waals surface area contributed by atoms with Crippen LogP contribution in [0.5, 0.6) is 0 Å². The van der Waals surface area contributed by atoms with Crippen LogP contribution in [-0.2, 0) is 10.5 Å². The molecule has 1 atom stereocenters. The highest BCUT2D eigenvalue weighted by Crippen LogP contribution is 2.35. The van der Waals surface area contributed by atoms with Gasteiger partial charge in [-0.15, -0.1) is 0 Å². The van der Waals surface area contributed by atoms with Crippen LogP contribution in [0.15, 0.2) is 29.6 Å². The van der Waals surface area contributed by atoms with Gasteiger partial charge < -0.3 is 5.11 Å². The SMILES string of the molecule is CC1=NN(C(=O)C(C)C)[C@@](O)(c2cccnc2)C1. The van der Waals surface area contributed by atoms with Crippen molar-refractivity contribution in [2.24, 2.45) is 11.0 Å². The number of hydrazone groups is 1. The Bertz CT molecular complexity index is 484. The molecule has 0 radical (unpaired) electrons. The maximum Gasteiger partial charge on any atom is 0.248 e. The summed E-state index contributed by atoms with van der Waals surface area (Å²) in [5.41, 5.74) is -0.0883. The highest BCUT2D eigenvalue weighted by molar-refractivity contribution is 5.89. The van der Waals surface area contributed by atoms with Crippen molar-refractivity contribution in [3.05, 3.63) is 30.1 Å². The molecule has 5 nitrogen and oxygen atoms in total. The molecule has 96 valence electrons. The third-order valence-electron chi connectivity index (χ3n) is 2.95. The molecule has 1 amide bonds. The summed E-state index contributed by atoms with van der Waals surface area (Å²) in [7, 11) is 0. The lowest BCUT2D eigenvalue weighted by atomic mass is 9.98. The number of hydrogen-bond donors (Lipinski definition) is 1. The van der Waals surface area contributed by atoms with Crippen molar-refractivity contribution < 1.29 is 9.90 Å². The standard InChI is InChI=1S/C13H17N3O2/c1-9(2)12(17)16-13(18,7-10(3)15-16)11-5-4-6-14-8-11/h4-6,8-9,18H,7H2,1-3H3/t13-/m0/s1. The number of aromatic nitrogens is 1. The van der Waals surface area contributed by atoms with Crippen molar-refractivity contribution in [1.29, 1.82) is 0 Å². The molecule has 0 unspecified atom stereocenters.